The van der Waals surface area contributed by atoms with Gasteiger partial charge in [-0.2, -0.15) is 0 Å². The molecule has 2 aromatic rings. The number of benzene rings is 1. The molecule has 4 nitrogen and oxygen atoms in total. The second kappa shape index (κ2) is 6.20. The third-order valence-electron chi connectivity index (χ3n) is 4.23. The molecule has 0 aliphatic carbocycles. The van der Waals surface area contributed by atoms with Gasteiger partial charge >= 0.3 is 0 Å². The van der Waals surface area contributed by atoms with E-state index in [0.29, 0.717) is 12.5 Å². The Morgan fingerprint density at radius 2 is 2.29 bits per heavy atom. The van der Waals surface area contributed by atoms with Crippen LogP contribution in [0.3, 0.4) is 0 Å². The summed E-state index contributed by atoms with van der Waals surface area (Å²) in [4.78, 5) is 5.74. The third-order valence-corrected chi connectivity index (χ3v) is 4.56. The number of para-hydroxylation sites is 1. The highest BCUT2D eigenvalue weighted by molar-refractivity contribution is 7.71. The van der Waals surface area contributed by atoms with Gasteiger partial charge < -0.3 is 19.2 Å². The van der Waals surface area contributed by atoms with E-state index >= 15 is 0 Å². The van der Waals surface area contributed by atoms with Crippen molar-refractivity contribution in [3.8, 4) is 5.75 Å². The van der Waals surface area contributed by atoms with Crippen molar-refractivity contribution >= 4 is 23.3 Å². The molecule has 21 heavy (non-hydrogen) atoms. The highest BCUT2D eigenvalue weighted by atomic mass is 32.1. The lowest BCUT2D eigenvalue weighted by Gasteiger charge is -2.29. The Kier molecular flexibility index (Phi) is 4.31. The van der Waals surface area contributed by atoms with Gasteiger partial charge in [0.1, 0.15) is 11.3 Å². The van der Waals surface area contributed by atoms with Crippen LogP contribution in [-0.4, -0.2) is 41.2 Å². The molecule has 2 heterocycles. The topological polar surface area (TPSA) is 33.2 Å². The highest BCUT2D eigenvalue weighted by Crippen LogP contribution is 2.27. The predicted octanol–water partition coefficient (Wildman–Crippen LogP) is 3.44. The molecule has 1 atom stereocenters. The second-order valence-electron chi connectivity index (χ2n) is 5.89. The maximum absolute atomic E-state index is 5.70. The Morgan fingerprint density at radius 1 is 1.43 bits per heavy atom. The summed E-state index contributed by atoms with van der Waals surface area (Å²) in [6.07, 6.45) is 2.56. The van der Waals surface area contributed by atoms with E-state index in [1.807, 2.05) is 19.1 Å². The average Bonchev–Trinajstić information content (AvgIpc) is 2.77. The molecule has 0 saturated carbocycles. The van der Waals surface area contributed by atoms with Crippen molar-refractivity contribution in [1.29, 1.82) is 0 Å². The van der Waals surface area contributed by atoms with E-state index < -0.39 is 0 Å². The van der Waals surface area contributed by atoms with Gasteiger partial charge in [-0.05, 0) is 63.6 Å². The predicted molar refractivity (Wildman–Crippen MR) is 88.5 cm³/mol. The van der Waals surface area contributed by atoms with Crippen LogP contribution in [0.1, 0.15) is 19.8 Å². The normalized spacial score (nSPS) is 20.0. The molecule has 0 radical (unpaired) electrons. The quantitative estimate of drug-likeness (QED) is 0.879. The fourth-order valence-electron chi connectivity index (χ4n) is 3.29. The molecule has 1 N–H and O–H groups in total. The number of likely N-dealkylation sites (tertiary alicyclic amines) is 1. The molecule has 114 valence electrons. The van der Waals surface area contributed by atoms with E-state index in [0.717, 1.165) is 34.6 Å². The lowest BCUT2D eigenvalue weighted by Crippen LogP contribution is -2.34. The molecule has 0 bridgehead atoms. The van der Waals surface area contributed by atoms with Crippen LogP contribution in [-0.2, 0) is 6.54 Å². The van der Waals surface area contributed by atoms with Crippen LogP contribution in [0.2, 0.25) is 0 Å². The van der Waals surface area contributed by atoms with E-state index in [4.69, 9.17) is 17.0 Å². The van der Waals surface area contributed by atoms with Crippen LogP contribution in [0, 0.1) is 10.7 Å². The van der Waals surface area contributed by atoms with Gasteiger partial charge in [0, 0.05) is 13.1 Å². The summed E-state index contributed by atoms with van der Waals surface area (Å²) in [7, 11) is 2.20. The maximum Gasteiger partial charge on any atom is 0.178 e. The Bertz CT molecular complexity index is 676. The first-order valence-electron chi connectivity index (χ1n) is 7.72. The SMILES string of the molecule is CCOc1cccc2c1[nH]c(=S)n2CC1CCCN(C)C1. The number of nitrogens with zero attached hydrogens (tertiary/aromatic N) is 2. The summed E-state index contributed by atoms with van der Waals surface area (Å²) in [6, 6.07) is 6.16. The Morgan fingerprint density at radius 3 is 3.05 bits per heavy atom. The highest BCUT2D eigenvalue weighted by Gasteiger charge is 2.19. The molecule has 5 heteroatoms. The van der Waals surface area contributed by atoms with Crippen molar-refractivity contribution in [3.63, 3.8) is 0 Å². The molecule has 1 fully saturated rings. The number of aromatic amines is 1. The van der Waals surface area contributed by atoms with Gasteiger partial charge in [0.05, 0.1) is 12.1 Å². The lowest BCUT2D eigenvalue weighted by molar-refractivity contribution is 0.195. The zero-order valence-corrected chi connectivity index (χ0v) is 13.6. The van der Waals surface area contributed by atoms with Crippen molar-refractivity contribution < 1.29 is 4.74 Å². The molecule has 1 aliphatic rings. The van der Waals surface area contributed by atoms with Crippen molar-refractivity contribution in [3.05, 3.63) is 23.0 Å². The largest absolute Gasteiger partial charge is 0.492 e. The van der Waals surface area contributed by atoms with Crippen LogP contribution in [0.4, 0.5) is 0 Å². The molecule has 1 unspecified atom stereocenters. The van der Waals surface area contributed by atoms with Crippen LogP contribution in [0.25, 0.3) is 11.0 Å². The molecule has 1 aliphatic heterocycles. The summed E-state index contributed by atoms with van der Waals surface area (Å²) >= 11 is 5.53. The Balaban J connectivity index is 1.93. The van der Waals surface area contributed by atoms with Gasteiger partial charge in [-0.25, -0.2) is 0 Å². The van der Waals surface area contributed by atoms with E-state index in [-0.39, 0.29) is 0 Å². The van der Waals surface area contributed by atoms with Gasteiger partial charge in [-0.3, -0.25) is 0 Å². The fraction of sp³-hybridized carbons (Fsp3) is 0.562. The molecule has 0 spiro atoms. The molecule has 1 aromatic carbocycles. The number of imidazole rings is 1. The number of ether oxygens (including phenoxy) is 1. The number of aromatic nitrogens is 2. The van der Waals surface area contributed by atoms with Crippen LogP contribution in [0.5, 0.6) is 5.75 Å². The minimum Gasteiger partial charge on any atom is -0.492 e. The van der Waals surface area contributed by atoms with Crippen LogP contribution >= 0.6 is 12.2 Å². The number of rotatable bonds is 4. The smallest absolute Gasteiger partial charge is 0.178 e. The summed E-state index contributed by atoms with van der Waals surface area (Å²) in [6.45, 7) is 6.02. The first-order chi connectivity index (χ1) is 10.2. The number of hydrogen-bond acceptors (Lipinski definition) is 3. The average molecular weight is 305 g/mol. The minimum absolute atomic E-state index is 0.665. The first kappa shape index (κ1) is 14.6. The lowest BCUT2D eigenvalue weighted by atomic mass is 9.98. The third kappa shape index (κ3) is 2.99. The zero-order valence-electron chi connectivity index (χ0n) is 12.8. The second-order valence-corrected chi connectivity index (χ2v) is 6.28. The summed E-state index contributed by atoms with van der Waals surface area (Å²) in [5.41, 5.74) is 2.17. The van der Waals surface area contributed by atoms with Crippen molar-refractivity contribution in [2.45, 2.75) is 26.3 Å². The van der Waals surface area contributed by atoms with Gasteiger partial charge in [-0.15, -0.1) is 0 Å². The van der Waals surface area contributed by atoms with Crippen LogP contribution in [0.15, 0.2) is 18.2 Å². The first-order valence-corrected chi connectivity index (χ1v) is 8.12. The van der Waals surface area contributed by atoms with Crippen LogP contribution < -0.4 is 4.74 Å². The standard InChI is InChI=1S/C16H23N3OS/c1-3-20-14-8-4-7-13-15(14)17-16(21)19(13)11-12-6-5-9-18(2)10-12/h4,7-8,12H,3,5-6,9-11H2,1-2H3,(H,17,21). The van der Waals surface area contributed by atoms with E-state index in [9.17, 15) is 0 Å². The van der Waals surface area contributed by atoms with Crippen molar-refractivity contribution in [1.82, 2.24) is 14.5 Å². The molecular formula is C16H23N3OS. The monoisotopic (exact) mass is 305 g/mol. The number of H-pyrrole nitrogens is 1. The van der Waals surface area contributed by atoms with Gasteiger partial charge in [0.2, 0.25) is 0 Å². The number of hydrogen-bond donors (Lipinski definition) is 1. The van der Waals surface area contributed by atoms with Crippen molar-refractivity contribution in [2.75, 3.05) is 26.7 Å². The Hall–Kier alpha value is -1.33. The summed E-state index contributed by atoms with van der Waals surface area (Å²) < 4.78 is 8.73. The fourth-order valence-corrected chi connectivity index (χ4v) is 3.57. The molecule has 1 saturated heterocycles. The van der Waals surface area contributed by atoms with E-state index in [1.54, 1.807) is 0 Å². The summed E-state index contributed by atoms with van der Waals surface area (Å²) in [5.74, 6) is 1.56. The minimum atomic E-state index is 0.665. The molecule has 1 aromatic heterocycles. The van der Waals surface area contributed by atoms with Gasteiger partial charge in [0.15, 0.2) is 4.77 Å². The van der Waals surface area contributed by atoms with Gasteiger partial charge in [-0.1, -0.05) is 6.07 Å². The van der Waals surface area contributed by atoms with Gasteiger partial charge in [0.25, 0.3) is 0 Å². The molecule has 0 amide bonds. The zero-order chi connectivity index (χ0) is 14.8. The number of nitrogens with one attached hydrogen (secondary N) is 1. The maximum atomic E-state index is 5.70. The number of piperidine rings is 1. The Labute approximate surface area is 130 Å². The molecular weight excluding hydrogens is 282 g/mol. The molecule has 3 rings (SSSR count). The summed E-state index contributed by atoms with van der Waals surface area (Å²) in [5, 5.41) is 0. The number of fused-ring (bicyclic) bond motifs is 1. The van der Waals surface area contributed by atoms with E-state index in [1.165, 1.54) is 19.4 Å². The van der Waals surface area contributed by atoms with E-state index in [2.05, 4.69) is 27.6 Å². The van der Waals surface area contributed by atoms with Crippen molar-refractivity contribution in [2.24, 2.45) is 5.92 Å².